The van der Waals surface area contributed by atoms with E-state index in [1.165, 1.54) is 18.2 Å². The Balaban J connectivity index is 1.56. The summed E-state index contributed by atoms with van der Waals surface area (Å²) in [7, 11) is 0. The zero-order chi connectivity index (χ0) is 26.7. The molecule has 4 aromatic rings. The Morgan fingerprint density at radius 3 is 2.31 bits per heavy atom. The summed E-state index contributed by atoms with van der Waals surface area (Å²) in [6, 6.07) is 27.7. The number of para-hydroxylation sites is 2. The molecule has 0 radical (unpaired) electrons. The van der Waals surface area contributed by atoms with E-state index in [9.17, 15) is 14.4 Å². The molecule has 1 fully saturated rings. The average Bonchev–Trinajstić information content (AvgIpc) is 3.45. The summed E-state index contributed by atoms with van der Waals surface area (Å²) in [6.07, 6.45) is 3.84. The van der Waals surface area contributed by atoms with Gasteiger partial charge in [0.25, 0.3) is 0 Å². The van der Waals surface area contributed by atoms with Crippen molar-refractivity contribution in [3.8, 4) is 0 Å². The molecule has 1 spiro atoms. The Bertz CT molecular complexity index is 1700. The Morgan fingerprint density at radius 1 is 0.795 bits per heavy atom. The maximum absolute atomic E-state index is 15.2. The van der Waals surface area contributed by atoms with Gasteiger partial charge in [-0.15, -0.1) is 0 Å². The number of hydrogen-bond donors (Lipinski definition) is 1. The number of halogens is 1. The molecule has 3 heterocycles. The van der Waals surface area contributed by atoms with E-state index in [1.807, 2.05) is 65.6 Å². The summed E-state index contributed by atoms with van der Waals surface area (Å²) in [6.45, 7) is 0. The van der Waals surface area contributed by atoms with E-state index < -0.39 is 35.0 Å². The summed E-state index contributed by atoms with van der Waals surface area (Å²) < 4.78 is 15.2. The van der Waals surface area contributed by atoms with E-state index >= 15 is 4.39 Å². The minimum Gasteiger partial charge on any atom is -0.352 e. The Hall–Kier alpha value is -4.84. The molecule has 0 unspecified atom stereocenters. The van der Waals surface area contributed by atoms with Crippen molar-refractivity contribution in [3.05, 3.63) is 137 Å². The second kappa shape index (κ2) is 8.60. The topological polar surface area (TPSA) is 66.5 Å². The lowest BCUT2D eigenvalue weighted by atomic mass is 9.64. The highest BCUT2D eigenvalue weighted by molar-refractivity contribution is 6.18. The number of hydrogen-bond acceptors (Lipinski definition) is 4. The van der Waals surface area contributed by atoms with Gasteiger partial charge in [0.2, 0.25) is 5.91 Å². The number of fused-ring (bicyclic) bond motifs is 6. The van der Waals surface area contributed by atoms with Crippen LogP contribution >= 0.6 is 0 Å². The van der Waals surface area contributed by atoms with Gasteiger partial charge >= 0.3 is 0 Å². The molecule has 4 atom stereocenters. The van der Waals surface area contributed by atoms with Crippen LogP contribution in [0.5, 0.6) is 0 Å². The third-order valence-corrected chi connectivity index (χ3v) is 8.29. The molecule has 0 aromatic heterocycles. The van der Waals surface area contributed by atoms with Gasteiger partial charge in [-0.05, 0) is 35.4 Å². The molecule has 1 saturated heterocycles. The van der Waals surface area contributed by atoms with E-state index in [4.69, 9.17) is 0 Å². The van der Waals surface area contributed by atoms with Crippen LogP contribution in [0.1, 0.15) is 31.8 Å². The van der Waals surface area contributed by atoms with Crippen molar-refractivity contribution in [1.29, 1.82) is 0 Å². The van der Waals surface area contributed by atoms with E-state index in [1.54, 1.807) is 36.4 Å². The number of rotatable bonds is 4. The zero-order valence-corrected chi connectivity index (χ0v) is 20.8. The van der Waals surface area contributed by atoms with Gasteiger partial charge in [-0.1, -0.05) is 91.0 Å². The third-order valence-electron chi connectivity index (χ3n) is 8.29. The summed E-state index contributed by atoms with van der Waals surface area (Å²) in [4.78, 5) is 45.2. The highest BCUT2D eigenvalue weighted by Crippen LogP contribution is 2.58. The van der Waals surface area contributed by atoms with E-state index in [0.717, 1.165) is 11.3 Å². The Kier molecular flexibility index (Phi) is 5.13. The fourth-order valence-electron chi connectivity index (χ4n) is 6.72. The van der Waals surface area contributed by atoms with Crippen molar-refractivity contribution in [2.45, 2.75) is 17.5 Å². The molecule has 6 heteroatoms. The van der Waals surface area contributed by atoms with Crippen LogP contribution in [0.4, 0.5) is 15.8 Å². The SMILES string of the molecule is O=C(c1ccccc1)[C@@H]1[C@H](C(=O)c2ccccc2F)[C@]2(C(=O)Nc3ccccc32)[C@H]2C=Cc3ccccc3N12. The predicted molar refractivity (Wildman–Crippen MR) is 147 cm³/mol. The first-order chi connectivity index (χ1) is 19.0. The average molecular weight is 515 g/mol. The quantitative estimate of drug-likeness (QED) is 0.356. The molecule has 3 aliphatic heterocycles. The van der Waals surface area contributed by atoms with Crippen molar-refractivity contribution in [3.63, 3.8) is 0 Å². The molecule has 1 N–H and O–H groups in total. The van der Waals surface area contributed by atoms with Crippen LogP contribution in [0.25, 0.3) is 6.08 Å². The molecule has 0 bridgehead atoms. The van der Waals surface area contributed by atoms with Gasteiger partial charge < -0.3 is 10.2 Å². The van der Waals surface area contributed by atoms with Crippen molar-refractivity contribution >= 4 is 34.9 Å². The van der Waals surface area contributed by atoms with E-state index in [-0.39, 0.29) is 17.3 Å². The lowest BCUT2D eigenvalue weighted by molar-refractivity contribution is -0.121. The summed E-state index contributed by atoms with van der Waals surface area (Å²) in [5.41, 5.74) is 1.67. The number of nitrogens with zero attached hydrogens (tertiary/aromatic N) is 1. The smallest absolute Gasteiger partial charge is 0.238 e. The Morgan fingerprint density at radius 2 is 1.49 bits per heavy atom. The second-order valence-corrected chi connectivity index (χ2v) is 10.1. The standard InChI is InChI=1S/C33H23FN2O3/c34-24-15-7-5-13-22(24)31(38)28-29(30(37)21-11-2-1-3-12-21)36-26-17-9-4-10-20(26)18-19-27(36)33(28)23-14-6-8-16-25(23)35-32(33)39/h1-19,27-29H,(H,35,39)/t27-,28-,29+,33-/m1/s1. The van der Waals surface area contributed by atoms with Crippen LogP contribution in [-0.2, 0) is 10.2 Å². The zero-order valence-electron chi connectivity index (χ0n) is 20.8. The minimum absolute atomic E-state index is 0.137. The van der Waals surface area contributed by atoms with Gasteiger partial charge in [-0.2, -0.15) is 0 Å². The number of nitrogens with one attached hydrogen (secondary N) is 1. The van der Waals surface area contributed by atoms with Crippen molar-refractivity contribution in [1.82, 2.24) is 0 Å². The Labute approximate surface area is 224 Å². The molecular formula is C33H23FN2O3. The molecular weight excluding hydrogens is 491 g/mol. The maximum atomic E-state index is 15.2. The number of carbonyl (C=O) groups is 3. The number of ketones is 2. The number of amides is 1. The predicted octanol–water partition coefficient (Wildman–Crippen LogP) is 5.68. The number of carbonyl (C=O) groups excluding carboxylic acids is 3. The van der Waals surface area contributed by atoms with Crippen molar-refractivity contribution < 1.29 is 18.8 Å². The second-order valence-electron chi connectivity index (χ2n) is 10.1. The molecule has 5 nitrogen and oxygen atoms in total. The molecule has 3 aliphatic rings. The minimum atomic E-state index is -1.46. The molecule has 0 aliphatic carbocycles. The number of anilines is 2. The van der Waals surface area contributed by atoms with Crippen LogP contribution in [0.3, 0.4) is 0 Å². The molecule has 190 valence electrons. The van der Waals surface area contributed by atoms with Gasteiger partial charge in [0.1, 0.15) is 17.3 Å². The molecule has 7 rings (SSSR count). The van der Waals surface area contributed by atoms with Crippen LogP contribution in [0.2, 0.25) is 0 Å². The van der Waals surface area contributed by atoms with Crippen LogP contribution < -0.4 is 10.2 Å². The molecule has 4 aromatic carbocycles. The molecule has 39 heavy (non-hydrogen) atoms. The largest absolute Gasteiger partial charge is 0.352 e. The summed E-state index contributed by atoms with van der Waals surface area (Å²) in [5.74, 6) is -3.13. The monoisotopic (exact) mass is 514 g/mol. The first-order valence-corrected chi connectivity index (χ1v) is 12.9. The van der Waals surface area contributed by atoms with E-state index in [0.29, 0.717) is 16.8 Å². The van der Waals surface area contributed by atoms with Crippen molar-refractivity contribution in [2.75, 3.05) is 10.2 Å². The van der Waals surface area contributed by atoms with E-state index in [2.05, 4.69) is 5.32 Å². The maximum Gasteiger partial charge on any atom is 0.238 e. The van der Waals surface area contributed by atoms with Gasteiger partial charge in [0.15, 0.2) is 11.6 Å². The number of Topliss-reactive ketones (excluding diaryl/α,β-unsaturated/α-hetero) is 2. The van der Waals surface area contributed by atoms with Gasteiger partial charge in [-0.3, -0.25) is 14.4 Å². The first kappa shape index (κ1) is 23.3. The van der Waals surface area contributed by atoms with Crippen molar-refractivity contribution in [2.24, 2.45) is 5.92 Å². The fourth-order valence-corrected chi connectivity index (χ4v) is 6.72. The molecule has 1 amide bonds. The van der Waals surface area contributed by atoms with Gasteiger partial charge in [-0.25, -0.2) is 4.39 Å². The molecule has 0 saturated carbocycles. The fraction of sp³-hybridized carbons (Fsp3) is 0.121. The van der Waals surface area contributed by atoms with Gasteiger partial charge in [0, 0.05) is 16.9 Å². The lowest BCUT2D eigenvalue weighted by Crippen LogP contribution is -2.51. The summed E-state index contributed by atoms with van der Waals surface area (Å²) in [5, 5.41) is 2.98. The number of benzene rings is 4. The van der Waals surface area contributed by atoms with Crippen LogP contribution in [-0.4, -0.2) is 29.6 Å². The summed E-state index contributed by atoms with van der Waals surface area (Å²) >= 11 is 0. The van der Waals surface area contributed by atoms with Crippen LogP contribution in [0.15, 0.2) is 109 Å². The highest BCUT2D eigenvalue weighted by atomic mass is 19.1. The highest BCUT2D eigenvalue weighted by Gasteiger charge is 2.70. The third kappa shape index (κ3) is 3.15. The normalized spacial score (nSPS) is 24.2. The van der Waals surface area contributed by atoms with Gasteiger partial charge in [0.05, 0.1) is 17.5 Å². The van der Waals surface area contributed by atoms with Crippen LogP contribution in [0, 0.1) is 11.7 Å². The lowest BCUT2D eigenvalue weighted by Gasteiger charge is -2.37. The first-order valence-electron chi connectivity index (χ1n) is 12.9.